The first-order valence-corrected chi connectivity index (χ1v) is 7.96. The summed E-state index contributed by atoms with van der Waals surface area (Å²) in [5.41, 5.74) is 5.40. The Hall–Kier alpha value is -1.67. The van der Waals surface area contributed by atoms with Crippen LogP contribution in [-0.2, 0) is 14.8 Å². The van der Waals surface area contributed by atoms with E-state index in [-0.39, 0.29) is 29.6 Å². The van der Waals surface area contributed by atoms with Gasteiger partial charge in [0.2, 0.25) is 15.9 Å². The predicted octanol–water partition coefficient (Wildman–Crippen LogP) is -0.0454. The topological polar surface area (TPSA) is 105 Å². The molecule has 3 N–H and O–H groups in total. The summed E-state index contributed by atoms with van der Waals surface area (Å²) in [5, 5.41) is 0. The molecule has 1 fully saturated rings. The van der Waals surface area contributed by atoms with Crippen molar-refractivity contribution in [2.24, 2.45) is 0 Å². The molecule has 7 nitrogen and oxygen atoms in total. The van der Waals surface area contributed by atoms with Crippen molar-refractivity contribution in [2.45, 2.75) is 24.2 Å². The number of likely N-dealkylation sites (tertiary alicyclic amines) is 1. The lowest BCUT2D eigenvalue weighted by Gasteiger charge is -2.15. The Labute approximate surface area is 118 Å². The van der Waals surface area contributed by atoms with Gasteiger partial charge in [-0.15, -0.1) is 0 Å². The zero-order chi connectivity index (χ0) is 14.6. The zero-order valence-electron chi connectivity index (χ0n) is 11.1. The molecule has 8 heteroatoms. The number of carbonyl (C=O) groups excluding carboxylic acids is 1. The van der Waals surface area contributed by atoms with Crippen LogP contribution in [-0.4, -0.2) is 43.8 Å². The molecular weight excluding hydrogens is 280 g/mol. The van der Waals surface area contributed by atoms with Crippen LogP contribution in [0.25, 0.3) is 0 Å². The molecule has 2 heterocycles. The van der Waals surface area contributed by atoms with Gasteiger partial charge < -0.3 is 10.6 Å². The monoisotopic (exact) mass is 298 g/mol. The van der Waals surface area contributed by atoms with Gasteiger partial charge in [0.05, 0.1) is 0 Å². The third-order valence-electron chi connectivity index (χ3n) is 3.16. The molecule has 0 saturated carbocycles. The van der Waals surface area contributed by atoms with E-state index in [1.165, 1.54) is 18.3 Å². The first kappa shape index (κ1) is 14.7. The van der Waals surface area contributed by atoms with Crippen LogP contribution in [0.1, 0.15) is 19.3 Å². The van der Waals surface area contributed by atoms with E-state index < -0.39 is 10.0 Å². The highest BCUT2D eigenvalue weighted by molar-refractivity contribution is 7.89. The molecule has 1 aromatic rings. The van der Waals surface area contributed by atoms with Crippen LogP contribution >= 0.6 is 0 Å². The molecule has 1 amide bonds. The van der Waals surface area contributed by atoms with Crippen LogP contribution in [0.4, 0.5) is 5.82 Å². The molecule has 0 spiro atoms. The van der Waals surface area contributed by atoms with Crippen molar-refractivity contribution in [3.05, 3.63) is 18.3 Å². The van der Waals surface area contributed by atoms with Crippen molar-refractivity contribution < 1.29 is 13.2 Å². The molecule has 2 rings (SSSR count). The summed E-state index contributed by atoms with van der Waals surface area (Å²) in [7, 11) is -3.64. The number of hydrogen-bond donors (Lipinski definition) is 2. The molecule has 110 valence electrons. The molecule has 0 atom stereocenters. The molecule has 1 aliphatic heterocycles. The number of anilines is 1. The van der Waals surface area contributed by atoms with Crippen molar-refractivity contribution in [3.8, 4) is 0 Å². The van der Waals surface area contributed by atoms with Crippen LogP contribution in [0.15, 0.2) is 23.2 Å². The highest BCUT2D eigenvalue weighted by Crippen LogP contribution is 2.10. The SMILES string of the molecule is Nc1ccc(S(=O)(=O)NCCC(=O)N2CCCC2)cn1. The highest BCUT2D eigenvalue weighted by atomic mass is 32.2. The van der Waals surface area contributed by atoms with Crippen LogP contribution in [0.3, 0.4) is 0 Å². The average molecular weight is 298 g/mol. The third-order valence-corrected chi connectivity index (χ3v) is 4.61. The number of pyridine rings is 1. The Morgan fingerprint density at radius 3 is 2.65 bits per heavy atom. The van der Waals surface area contributed by atoms with Crippen molar-refractivity contribution in [1.29, 1.82) is 0 Å². The number of nitrogens with zero attached hydrogens (tertiary/aromatic N) is 2. The maximum atomic E-state index is 11.9. The van der Waals surface area contributed by atoms with E-state index in [1.807, 2.05) is 0 Å². The quantitative estimate of drug-likeness (QED) is 0.793. The number of nitrogens with two attached hydrogens (primary N) is 1. The van der Waals surface area contributed by atoms with E-state index in [2.05, 4.69) is 9.71 Å². The van der Waals surface area contributed by atoms with Gasteiger partial charge in [0.25, 0.3) is 0 Å². The van der Waals surface area contributed by atoms with E-state index in [0.717, 1.165) is 25.9 Å². The maximum absolute atomic E-state index is 11.9. The molecule has 1 saturated heterocycles. The van der Waals surface area contributed by atoms with Gasteiger partial charge in [-0.05, 0) is 25.0 Å². The zero-order valence-corrected chi connectivity index (χ0v) is 11.9. The number of nitrogens with one attached hydrogen (secondary N) is 1. The lowest BCUT2D eigenvalue weighted by molar-refractivity contribution is -0.129. The van der Waals surface area contributed by atoms with Gasteiger partial charge in [-0.25, -0.2) is 18.1 Å². The fourth-order valence-corrected chi connectivity index (χ4v) is 3.03. The van der Waals surface area contributed by atoms with E-state index in [1.54, 1.807) is 4.90 Å². The number of sulfonamides is 1. The minimum atomic E-state index is -3.64. The van der Waals surface area contributed by atoms with Crippen LogP contribution in [0.5, 0.6) is 0 Å². The second-order valence-corrected chi connectivity index (χ2v) is 6.42. The van der Waals surface area contributed by atoms with Crippen LogP contribution < -0.4 is 10.5 Å². The van der Waals surface area contributed by atoms with Gasteiger partial charge in [-0.2, -0.15) is 0 Å². The van der Waals surface area contributed by atoms with Gasteiger partial charge in [0.15, 0.2) is 0 Å². The molecule has 0 bridgehead atoms. The van der Waals surface area contributed by atoms with Gasteiger partial charge in [0, 0.05) is 32.3 Å². The normalized spacial score (nSPS) is 15.5. The predicted molar refractivity (Wildman–Crippen MR) is 74.3 cm³/mol. The van der Waals surface area contributed by atoms with Crippen molar-refractivity contribution in [2.75, 3.05) is 25.4 Å². The molecule has 20 heavy (non-hydrogen) atoms. The Balaban J connectivity index is 1.86. The summed E-state index contributed by atoms with van der Waals surface area (Å²) < 4.78 is 26.3. The standard InChI is InChI=1S/C12H18N4O3S/c13-11-4-3-10(9-14-11)20(18,19)15-6-5-12(17)16-7-1-2-8-16/h3-4,9,15H,1-2,5-8H2,(H2,13,14). The highest BCUT2D eigenvalue weighted by Gasteiger charge is 2.19. The number of nitrogen functional groups attached to an aromatic ring is 1. The first-order chi connectivity index (χ1) is 9.49. The summed E-state index contributed by atoms with van der Waals surface area (Å²) in [6.45, 7) is 1.63. The number of rotatable bonds is 5. The maximum Gasteiger partial charge on any atom is 0.242 e. The molecule has 1 aromatic heterocycles. The van der Waals surface area contributed by atoms with Crippen LogP contribution in [0, 0.1) is 0 Å². The van der Waals surface area contributed by atoms with E-state index in [0.29, 0.717) is 0 Å². The number of hydrogen-bond acceptors (Lipinski definition) is 5. The summed E-state index contributed by atoms with van der Waals surface area (Å²) in [5.74, 6) is 0.244. The second-order valence-electron chi connectivity index (χ2n) is 4.65. The summed E-state index contributed by atoms with van der Waals surface area (Å²) in [6.07, 6.45) is 3.41. The minimum Gasteiger partial charge on any atom is -0.384 e. The molecular formula is C12H18N4O3S. The Morgan fingerprint density at radius 1 is 1.35 bits per heavy atom. The van der Waals surface area contributed by atoms with Gasteiger partial charge >= 0.3 is 0 Å². The molecule has 1 aliphatic rings. The third kappa shape index (κ3) is 3.67. The summed E-state index contributed by atoms with van der Waals surface area (Å²) in [4.78, 5) is 17.3. The fourth-order valence-electron chi connectivity index (χ4n) is 2.05. The van der Waals surface area contributed by atoms with Gasteiger partial charge in [0.1, 0.15) is 10.7 Å². The van der Waals surface area contributed by atoms with Gasteiger partial charge in [-0.3, -0.25) is 4.79 Å². The molecule has 0 aliphatic carbocycles. The average Bonchev–Trinajstić information content (AvgIpc) is 2.93. The fraction of sp³-hybridized carbons (Fsp3) is 0.500. The number of aromatic nitrogens is 1. The minimum absolute atomic E-state index is 0.0133. The Morgan fingerprint density at radius 2 is 2.05 bits per heavy atom. The van der Waals surface area contributed by atoms with Crippen LogP contribution in [0.2, 0.25) is 0 Å². The van der Waals surface area contributed by atoms with E-state index in [9.17, 15) is 13.2 Å². The van der Waals surface area contributed by atoms with E-state index >= 15 is 0 Å². The largest absolute Gasteiger partial charge is 0.384 e. The van der Waals surface area contributed by atoms with Crippen molar-refractivity contribution in [3.63, 3.8) is 0 Å². The number of amides is 1. The Bertz CT molecular complexity index is 565. The van der Waals surface area contributed by atoms with E-state index in [4.69, 9.17) is 5.73 Å². The second kappa shape index (κ2) is 6.19. The molecule has 0 unspecified atom stereocenters. The lowest BCUT2D eigenvalue weighted by atomic mass is 10.4. The van der Waals surface area contributed by atoms with Crippen molar-refractivity contribution in [1.82, 2.24) is 14.6 Å². The molecule has 0 aromatic carbocycles. The summed E-state index contributed by atoms with van der Waals surface area (Å²) in [6, 6.07) is 2.80. The Kier molecular flexibility index (Phi) is 4.56. The first-order valence-electron chi connectivity index (χ1n) is 6.48. The molecule has 0 radical (unpaired) electrons. The van der Waals surface area contributed by atoms with Crippen molar-refractivity contribution >= 4 is 21.7 Å². The van der Waals surface area contributed by atoms with Gasteiger partial charge in [-0.1, -0.05) is 0 Å². The smallest absolute Gasteiger partial charge is 0.242 e. The summed E-state index contributed by atoms with van der Waals surface area (Å²) >= 11 is 0. The lowest BCUT2D eigenvalue weighted by Crippen LogP contribution is -2.32. The number of carbonyl (C=O) groups is 1.